The second-order valence-corrected chi connectivity index (χ2v) is 9.50. The molecule has 2 heterocycles. The molecule has 7 nitrogen and oxygen atoms in total. The quantitative estimate of drug-likeness (QED) is 0.722. The summed E-state index contributed by atoms with van der Waals surface area (Å²) in [6.07, 6.45) is 1.22. The number of thiazole rings is 1. The Hall–Kier alpha value is -2.00. The van der Waals surface area contributed by atoms with Crippen LogP contribution in [0.25, 0.3) is 0 Å². The number of aromatic nitrogens is 1. The zero-order valence-electron chi connectivity index (χ0n) is 17.5. The summed E-state index contributed by atoms with van der Waals surface area (Å²) in [6.45, 7) is 9.71. The van der Waals surface area contributed by atoms with Crippen LogP contribution >= 0.6 is 11.3 Å². The lowest BCUT2D eigenvalue weighted by Crippen LogP contribution is -2.53. The number of carbonyl (C=O) groups excluding carboxylic acids is 1. The first-order valence-corrected chi connectivity index (χ1v) is 10.5. The van der Waals surface area contributed by atoms with E-state index in [1.807, 2.05) is 70.3 Å². The van der Waals surface area contributed by atoms with E-state index in [2.05, 4.69) is 4.98 Å². The van der Waals surface area contributed by atoms with Crippen molar-refractivity contribution in [3.8, 4) is 0 Å². The Bertz CT molecular complexity index is 805. The van der Waals surface area contributed by atoms with E-state index in [0.717, 1.165) is 5.56 Å². The van der Waals surface area contributed by atoms with Crippen LogP contribution in [0.1, 0.15) is 51.2 Å². The van der Waals surface area contributed by atoms with E-state index in [9.17, 15) is 10.0 Å². The van der Waals surface area contributed by atoms with Gasteiger partial charge in [0.05, 0.1) is 12.6 Å². The topological polar surface area (TPSA) is 75.1 Å². The highest BCUT2D eigenvalue weighted by molar-refractivity contribution is 7.09. The molecule has 0 saturated carbocycles. The summed E-state index contributed by atoms with van der Waals surface area (Å²) < 4.78 is 11.6. The molecule has 2 atom stereocenters. The summed E-state index contributed by atoms with van der Waals surface area (Å²) in [6, 6.07) is 8.67. The first-order chi connectivity index (χ1) is 13.6. The first kappa shape index (κ1) is 21.7. The van der Waals surface area contributed by atoms with Gasteiger partial charge in [-0.05, 0) is 40.2 Å². The lowest BCUT2D eigenvalue weighted by Gasteiger charge is -2.39. The second-order valence-electron chi connectivity index (χ2n) is 8.57. The molecule has 0 radical (unpaired) electrons. The molecule has 1 fully saturated rings. The van der Waals surface area contributed by atoms with Gasteiger partial charge in [-0.15, -0.1) is 11.3 Å². The van der Waals surface area contributed by atoms with E-state index in [0.29, 0.717) is 11.6 Å². The number of hydrogen-bond acceptors (Lipinski definition) is 7. The highest BCUT2D eigenvalue weighted by Gasteiger charge is 2.51. The molecule has 1 aromatic heterocycles. The summed E-state index contributed by atoms with van der Waals surface area (Å²) in [5, 5.41) is 14.9. The van der Waals surface area contributed by atoms with E-state index in [4.69, 9.17) is 9.47 Å². The van der Waals surface area contributed by atoms with E-state index < -0.39 is 29.5 Å². The lowest BCUT2D eigenvalue weighted by molar-refractivity contribution is -0.154. The number of amides is 1. The molecule has 1 N–H and O–H groups in total. The molecule has 3 rings (SSSR count). The molecular weight excluding hydrogens is 390 g/mol. The van der Waals surface area contributed by atoms with Gasteiger partial charge in [0.15, 0.2) is 0 Å². The molecule has 1 aromatic carbocycles. The third-order valence-corrected chi connectivity index (χ3v) is 5.53. The minimum absolute atomic E-state index is 0.266. The maximum absolute atomic E-state index is 13.0. The molecule has 0 unspecified atom stereocenters. The van der Waals surface area contributed by atoms with Crippen molar-refractivity contribution in [3.05, 3.63) is 52.5 Å². The van der Waals surface area contributed by atoms with Crippen molar-refractivity contribution in [1.82, 2.24) is 14.9 Å². The van der Waals surface area contributed by atoms with Crippen LogP contribution in [0.5, 0.6) is 0 Å². The van der Waals surface area contributed by atoms with E-state index >= 15 is 0 Å². The zero-order chi connectivity index (χ0) is 21.2. The molecule has 8 heteroatoms. The number of carbonyl (C=O) groups is 1. The normalized spacial score (nSPS) is 20.1. The van der Waals surface area contributed by atoms with E-state index in [-0.39, 0.29) is 6.61 Å². The summed E-state index contributed by atoms with van der Waals surface area (Å²) in [5.74, 6) is 0. The van der Waals surface area contributed by atoms with Crippen molar-refractivity contribution in [2.45, 2.75) is 64.6 Å². The third-order valence-electron chi connectivity index (χ3n) is 4.69. The van der Waals surface area contributed by atoms with Crippen molar-refractivity contribution in [2.24, 2.45) is 0 Å². The Kier molecular flexibility index (Phi) is 6.28. The molecular formula is C21H29N3O4S. The Morgan fingerprint density at radius 3 is 2.69 bits per heavy atom. The zero-order valence-corrected chi connectivity index (χ0v) is 18.3. The number of nitrogens with zero attached hydrogens (tertiary/aromatic N) is 3. The van der Waals surface area contributed by atoms with Gasteiger partial charge in [0, 0.05) is 18.1 Å². The minimum atomic E-state index is -0.865. The standard InChI is InChI=1S/C21H29N3O4S/c1-20(2,3)28-19(25)24-16(14-27-21(24,4)5)17(18-22-11-12-29-18)23(26)13-15-9-7-6-8-10-15/h6-12,16-17,26H,13-14H2,1-5H3/t16-,17-/m0/s1. The highest BCUT2D eigenvalue weighted by atomic mass is 32.1. The fourth-order valence-corrected chi connectivity index (χ4v) is 4.27. The van der Waals surface area contributed by atoms with Gasteiger partial charge in [-0.3, -0.25) is 4.90 Å². The van der Waals surface area contributed by atoms with Crippen molar-refractivity contribution in [3.63, 3.8) is 0 Å². The number of rotatable bonds is 5. The van der Waals surface area contributed by atoms with Crippen LogP contribution in [0.3, 0.4) is 0 Å². The smallest absolute Gasteiger partial charge is 0.412 e. The minimum Gasteiger partial charge on any atom is -0.444 e. The molecule has 158 valence electrons. The van der Waals surface area contributed by atoms with E-state index in [1.54, 1.807) is 11.1 Å². The summed E-state index contributed by atoms with van der Waals surface area (Å²) in [7, 11) is 0. The van der Waals surface area contributed by atoms with Crippen molar-refractivity contribution in [2.75, 3.05) is 6.61 Å². The average molecular weight is 420 g/mol. The first-order valence-electron chi connectivity index (χ1n) is 9.63. The summed E-state index contributed by atoms with van der Waals surface area (Å²) >= 11 is 1.44. The van der Waals surface area contributed by atoms with Gasteiger partial charge in [0.1, 0.15) is 22.4 Å². The van der Waals surface area contributed by atoms with Gasteiger partial charge in [0.25, 0.3) is 0 Å². The van der Waals surface area contributed by atoms with Gasteiger partial charge in [-0.2, -0.15) is 5.06 Å². The maximum Gasteiger partial charge on any atom is 0.412 e. The number of hydrogen-bond donors (Lipinski definition) is 1. The predicted octanol–water partition coefficient (Wildman–Crippen LogP) is 4.45. The lowest BCUT2D eigenvalue weighted by atomic mass is 10.1. The van der Waals surface area contributed by atoms with Crippen LogP contribution < -0.4 is 0 Å². The Morgan fingerprint density at radius 1 is 1.41 bits per heavy atom. The van der Waals surface area contributed by atoms with Gasteiger partial charge in [-0.1, -0.05) is 30.3 Å². The number of ether oxygens (including phenoxy) is 2. The van der Waals surface area contributed by atoms with Crippen LogP contribution in [-0.2, 0) is 16.0 Å². The molecule has 1 aliphatic rings. The van der Waals surface area contributed by atoms with Gasteiger partial charge in [0.2, 0.25) is 0 Å². The number of benzene rings is 1. The van der Waals surface area contributed by atoms with Crippen molar-refractivity contribution in [1.29, 1.82) is 0 Å². The summed E-state index contributed by atoms with van der Waals surface area (Å²) in [4.78, 5) is 19.1. The SMILES string of the molecule is CC(C)(C)OC(=O)N1[C@H]([C@@H](c2nccs2)N(O)Cc2ccccc2)COC1(C)C. The molecule has 0 aliphatic carbocycles. The average Bonchev–Trinajstić information content (AvgIpc) is 3.23. The van der Waals surface area contributed by atoms with Gasteiger partial charge < -0.3 is 14.7 Å². The molecule has 1 amide bonds. The van der Waals surface area contributed by atoms with Crippen LogP contribution in [-0.4, -0.2) is 50.2 Å². The van der Waals surface area contributed by atoms with Crippen molar-refractivity contribution < 1.29 is 19.5 Å². The Labute approximate surface area is 175 Å². The predicted molar refractivity (Wildman–Crippen MR) is 111 cm³/mol. The van der Waals surface area contributed by atoms with Crippen molar-refractivity contribution >= 4 is 17.4 Å². The highest BCUT2D eigenvalue weighted by Crippen LogP contribution is 2.38. The molecule has 1 aliphatic heterocycles. The van der Waals surface area contributed by atoms with Crippen LogP contribution in [0.4, 0.5) is 4.79 Å². The van der Waals surface area contributed by atoms with Crippen LogP contribution in [0, 0.1) is 0 Å². The second kappa shape index (κ2) is 8.39. The Morgan fingerprint density at radius 2 is 2.10 bits per heavy atom. The van der Waals surface area contributed by atoms with E-state index in [1.165, 1.54) is 16.4 Å². The largest absolute Gasteiger partial charge is 0.444 e. The van der Waals surface area contributed by atoms with Gasteiger partial charge in [-0.25, -0.2) is 9.78 Å². The molecule has 0 bridgehead atoms. The molecule has 0 spiro atoms. The third kappa shape index (κ3) is 5.14. The number of hydroxylamine groups is 2. The fourth-order valence-electron chi connectivity index (χ4n) is 3.47. The maximum atomic E-state index is 13.0. The molecule has 2 aromatic rings. The molecule has 1 saturated heterocycles. The fraction of sp³-hybridized carbons (Fsp3) is 0.524. The van der Waals surface area contributed by atoms with Gasteiger partial charge >= 0.3 is 6.09 Å². The van der Waals surface area contributed by atoms with Crippen LogP contribution in [0.15, 0.2) is 41.9 Å². The Balaban J connectivity index is 1.92. The molecule has 29 heavy (non-hydrogen) atoms. The monoisotopic (exact) mass is 419 g/mol. The summed E-state index contributed by atoms with van der Waals surface area (Å²) in [5.41, 5.74) is -0.547. The van der Waals surface area contributed by atoms with Crippen LogP contribution in [0.2, 0.25) is 0 Å².